The topological polar surface area (TPSA) is 47.6 Å². The van der Waals surface area contributed by atoms with Gasteiger partial charge in [0.2, 0.25) is 0 Å². The van der Waals surface area contributed by atoms with Crippen LogP contribution >= 0.6 is 23.2 Å². The lowest BCUT2D eigenvalue weighted by molar-refractivity contribution is 0.102. The van der Waals surface area contributed by atoms with Crippen molar-refractivity contribution in [1.82, 2.24) is 0 Å². The summed E-state index contributed by atoms with van der Waals surface area (Å²) in [7, 11) is 0. The van der Waals surface area contributed by atoms with Gasteiger partial charge in [0.1, 0.15) is 18.1 Å². The van der Waals surface area contributed by atoms with E-state index in [9.17, 15) is 4.79 Å². The number of hydrogen-bond donors (Lipinski definition) is 1. The zero-order chi connectivity index (χ0) is 19.9. The average Bonchev–Trinajstić information content (AvgIpc) is 2.70. The third-order valence-corrected chi connectivity index (χ3v) is 4.53. The molecule has 0 heterocycles. The van der Waals surface area contributed by atoms with Crippen LogP contribution in [0.15, 0.2) is 66.7 Å². The second-order valence-electron chi connectivity index (χ2n) is 5.93. The van der Waals surface area contributed by atoms with Crippen molar-refractivity contribution in [3.05, 3.63) is 87.9 Å². The van der Waals surface area contributed by atoms with E-state index >= 15 is 0 Å². The molecule has 0 atom stereocenters. The normalized spacial score (nSPS) is 10.4. The zero-order valence-electron chi connectivity index (χ0n) is 15.2. The minimum Gasteiger partial charge on any atom is -0.493 e. The molecule has 0 aliphatic heterocycles. The van der Waals surface area contributed by atoms with E-state index in [1.54, 1.807) is 60.7 Å². The first-order chi connectivity index (χ1) is 13.6. The molecule has 0 unspecified atom stereocenters. The molecule has 0 fully saturated rings. The summed E-state index contributed by atoms with van der Waals surface area (Å²) in [5, 5.41) is 3.94. The molecule has 0 bridgehead atoms. The molecule has 0 aliphatic rings. The third kappa shape index (κ3) is 5.18. The molecule has 0 saturated carbocycles. The standard InChI is InChI=1S/C22H19Cl2NO3/c1-2-27-21-12-7-15(22(26)25-20-6-4-3-5-19(20)24)13-16(21)14-28-18-10-8-17(23)9-11-18/h3-13H,2,14H2,1H3,(H,25,26). The Balaban J connectivity index is 1.79. The number of nitrogens with one attached hydrogen (secondary N) is 1. The van der Waals surface area contributed by atoms with E-state index in [4.69, 9.17) is 32.7 Å². The van der Waals surface area contributed by atoms with Crippen LogP contribution in [0.1, 0.15) is 22.8 Å². The van der Waals surface area contributed by atoms with Gasteiger partial charge in [0.05, 0.1) is 17.3 Å². The number of rotatable bonds is 7. The molecule has 3 aromatic carbocycles. The molecule has 0 saturated heterocycles. The lowest BCUT2D eigenvalue weighted by Crippen LogP contribution is -2.13. The Hall–Kier alpha value is -2.69. The lowest BCUT2D eigenvalue weighted by atomic mass is 10.1. The van der Waals surface area contributed by atoms with Crippen LogP contribution < -0.4 is 14.8 Å². The quantitative estimate of drug-likeness (QED) is 0.497. The SMILES string of the molecule is CCOc1ccc(C(=O)Nc2ccccc2Cl)cc1COc1ccc(Cl)cc1. The molecule has 1 amide bonds. The fourth-order valence-electron chi connectivity index (χ4n) is 2.58. The average molecular weight is 416 g/mol. The maximum absolute atomic E-state index is 12.6. The summed E-state index contributed by atoms with van der Waals surface area (Å²) in [5.41, 5.74) is 1.81. The summed E-state index contributed by atoms with van der Waals surface area (Å²) in [5.74, 6) is 1.09. The summed E-state index contributed by atoms with van der Waals surface area (Å²) in [6, 6.07) is 19.4. The second kappa shape index (κ2) is 9.49. The van der Waals surface area contributed by atoms with Gasteiger partial charge in [0.15, 0.2) is 0 Å². The first-order valence-corrected chi connectivity index (χ1v) is 9.52. The van der Waals surface area contributed by atoms with E-state index in [0.29, 0.717) is 39.4 Å². The van der Waals surface area contributed by atoms with Crippen molar-refractivity contribution in [2.24, 2.45) is 0 Å². The molecule has 0 aliphatic carbocycles. The monoisotopic (exact) mass is 415 g/mol. The van der Waals surface area contributed by atoms with Crippen LogP contribution in [-0.2, 0) is 6.61 Å². The van der Waals surface area contributed by atoms with E-state index in [1.165, 1.54) is 0 Å². The Kier molecular flexibility index (Phi) is 6.80. The number of amides is 1. The Morgan fingerprint density at radius 1 is 0.964 bits per heavy atom. The van der Waals surface area contributed by atoms with E-state index in [-0.39, 0.29) is 12.5 Å². The van der Waals surface area contributed by atoms with Gasteiger partial charge in [0, 0.05) is 16.1 Å². The molecule has 3 rings (SSSR count). The summed E-state index contributed by atoms with van der Waals surface area (Å²) in [6.45, 7) is 2.67. The van der Waals surface area contributed by atoms with Gasteiger partial charge in [-0.15, -0.1) is 0 Å². The van der Waals surface area contributed by atoms with Gasteiger partial charge >= 0.3 is 0 Å². The van der Waals surface area contributed by atoms with Crippen molar-refractivity contribution in [1.29, 1.82) is 0 Å². The highest BCUT2D eigenvalue weighted by Gasteiger charge is 2.13. The highest BCUT2D eigenvalue weighted by molar-refractivity contribution is 6.33. The number of hydrogen-bond acceptors (Lipinski definition) is 3. The molecule has 28 heavy (non-hydrogen) atoms. The van der Waals surface area contributed by atoms with Gasteiger partial charge in [-0.2, -0.15) is 0 Å². The summed E-state index contributed by atoms with van der Waals surface area (Å²) in [6.07, 6.45) is 0. The van der Waals surface area contributed by atoms with Gasteiger partial charge in [-0.3, -0.25) is 4.79 Å². The van der Waals surface area contributed by atoms with Crippen LogP contribution in [0.3, 0.4) is 0 Å². The predicted molar refractivity (Wildman–Crippen MR) is 113 cm³/mol. The maximum Gasteiger partial charge on any atom is 0.255 e. The van der Waals surface area contributed by atoms with E-state index in [0.717, 1.165) is 5.56 Å². The first kappa shape index (κ1) is 20.1. The van der Waals surface area contributed by atoms with Crippen molar-refractivity contribution >= 4 is 34.8 Å². The largest absolute Gasteiger partial charge is 0.493 e. The summed E-state index contributed by atoms with van der Waals surface area (Å²) in [4.78, 5) is 12.6. The van der Waals surface area contributed by atoms with Crippen molar-refractivity contribution in [3.8, 4) is 11.5 Å². The van der Waals surface area contributed by atoms with Crippen molar-refractivity contribution in [2.45, 2.75) is 13.5 Å². The van der Waals surface area contributed by atoms with Crippen LogP contribution in [0.2, 0.25) is 10.0 Å². The van der Waals surface area contributed by atoms with E-state index in [1.807, 2.05) is 13.0 Å². The highest BCUT2D eigenvalue weighted by atomic mass is 35.5. The Labute approximate surface area is 174 Å². The number of halogens is 2. The van der Waals surface area contributed by atoms with Gasteiger partial charge in [-0.05, 0) is 61.5 Å². The molecular weight excluding hydrogens is 397 g/mol. The van der Waals surface area contributed by atoms with Crippen molar-refractivity contribution in [2.75, 3.05) is 11.9 Å². The van der Waals surface area contributed by atoms with Gasteiger partial charge in [-0.25, -0.2) is 0 Å². The minimum absolute atomic E-state index is 0.254. The van der Waals surface area contributed by atoms with Crippen LogP contribution in [0.5, 0.6) is 11.5 Å². The molecule has 0 spiro atoms. The summed E-state index contributed by atoms with van der Waals surface area (Å²) >= 11 is 12.0. The van der Waals surface area contributed by atoms with Crippen molar-refractivity contribution in [3.63, 3.8) is 0 Å². The van der Waals surface area contributed by atoms with Crippen molar-refractivity contribution < 1.29 is 14.3 Å². The number of carbonyl (C=O) groups is 1. The van der Waals surface area contributed by atoms with Gasteiger partial charge in [-0.1, -0.05) is 35.3 Å². The van der Waals surface area contributed by atoms with Crippen LogP contribution in [0.4, 0.5) is 5.69 Å². The lowest BCUT2D eigenvalue weighted by Gasteiger charge is -2.14. The number of carbonyl (C=O) groups excluding carboxylic acids is 1. The fraction of sp³-hybridized carbons (Fsp3) is 0.136. The zero-order valence-corrected chi connectivity index (χ0v) is 16.8. The van der Waals surface area contributed by atoms with E-state index in [2.05, 4.69) is 5.32 Å². The molecule has 4 nitrogen and oxygen atoms in total. The van der Waals surface area contributed by atoms with Crippen LogP contribution in [-0.4, -0.2) is 12.5 Å². The first-order valence-electron chi connectivity index (χ1n) is 8.77. The molecule has 3 aromatic rings. The molecule has 0 radical (unpaired) electrons. The van der Waals surface area contributed by atoms with Crippen LogP contribution in [0, 0.1) is 0 Å². The Morgan fingerprint density at radius 2 is 1.71 bits per heavy atom. The molecule has 1 N–H and O–H groups in total. The smallest absolute Gasteiger partial charge is 0.255 e. The van der Waals surface area contributed by atoms with Gasteiger partial charge < -0.3 is 14.8 Å². The van der Waals surface area contributed by atoms with E-state index < -0.39 is 0 Å². The number of ether oxygens (including phenoxy) is 2. The molecular formula is C22H19Cl2NO3. The summed E-state index contributed by atoms with van der Waals surface area (Å²) < 4.78 is 11.5. The molecule has 0 aromatic heterocycles. The molecule has 6 heteroatoms. The Bertz CT molecular complexity index is 958. The Morgan fingerprint density at radius 3 is 2.43 bits per heavy atom. The predicted octanol–water partition coefficient (Wildman–Crippen LogP) is 6.22. The maximum atomic E-state index is 12.6. The number of para-hydroxylation sites is 1. The van der Waals surface area contributed by atoms with Gasteiger partial charge in [0.25, 0.3) is 5.91 Å². The number of benzene rings is 3. The minimum atomic E-state index is -0.260. The second-order valence-corrected chi connectivity index (χ2v) is 6.78. The molecule has 144 valence electrons. The third-order valence-electron chi connectivity index (χ3n) is 3.95. The van der Waals surface area contributed by atoms with Crippen LogP contribution in [0.25, 0.3) is 0 Å². The highest BCUT2D eigenvalue weighted by Crippen LogP contribution is 2.25. The number of anilines is 1. The fourth-order valence-corrected chi connectivity index (χ4v) is 2.89.